The number of carbonyl (C=O) groups is 1. The van der Waals surface area contributed by atoms with Gasteiger partial charge >= 0.3 is 0 Å². The van der Waals surface area contributed by atoms with E-state index >= 15 is 0 Å². The smallest absolute Gasteiger partial charge is 0.274 e. The number of rotatable bonds is 2. The molecule has 1 aliphatic rings. The summed E-state index contributed by atoms with van der Waals surface area (Å²) in [5, 5.41) is 21.9. The maximum Gasteiger partial charge on any atom is 0.274 e. The quantitative estimate of drug-likeness (QED) is 0.702. The number of nitrogens with one attached hydrogen (secondary N) is 1. The molecule has 1 aromatic rings. The molecule has 0 spiro atoms. The van der Waals surface area contributed by atoms with Crippen molar-refractivity contribution in [3.63, 3.8) is 0 Å². The van der Waals surface area contributed by atoms with Gasteiger partial charge in [-0.15, -0.1) is 0 Å². The Hall–Kier alpha value is -1.37. The summed E-state index contributed by atoms with van der Waals surface area (Å²) in [6, 6.07) is 3.24. The lowest BCUT2D eigenvalue weighted by Crippen LogP contribution is -2.30. The number of nitrogens with zero attached hydrogens (tertiary/aromatic N) is 2. The van der Waals surface area contributed by atoms with Crippen LogP contribution in [0.5, 0.6) is 0 Å². The van der Waals surface area contributed by atoms with Crippen LogP contribution in [0, 0.1) is 0 Å². The van der Waals surface area contributed by atoms with Crippen molar-refractivity contribution in [3.05, 3.63) is 22.8 Å². The lowest BCUT2D eigenvalue weighted by molar-refractivity contribution is 0.0572. The second kappa shape index (κ2) is 5.09. The van der Waals surface area contributed by atoms with Crippen molar-refractivity contribution in [2.24, 2.45) is 0 Å². The van der Waals surface area contributed by atoms with Gasteiger partial charge in [-0.3, -0.25) is 4.79 Å². The Kier molecular flexibility index (Phi) is 3.70. The predicted molar refractivity (Wildman–Crippen MR) is 66.7 cm³/mol. The summed E-state index contributed by atoms with van der Waals surface area (Å²) >= 11 is 5.94. The molecule has 6 nitrogen and oxygen atoms in total. The van der Waals surface area contributed by atoms with Crippen molar-refractivity contribution in [2.45, 2.75) is 12.2 Å². The van der Waals surface area contributed by atoms with Crippen molar-refractivity contribution < 1.29 is 15.0 Å². The molecule has 0 radical (unpaired) electrons. The average Bonchev–Trinajstić information content (AvgIpc) is 2.69. The van der Waals surface area contributed by atoms with Crippen LogP contribution in [0.15, 0.2) is 12.1 Å². The fourth-order valence-electron chi connectivity index (χ4n) is 1.82. The van der Waals surface area contributed by atoms with Crippen LogP contribution in [0.2, 0.25) is 5.02 Å². The number of aliphatic hydroxyl groups is 2. The molecule has 98 valence electrons. The van der Waals surface area contributed by atoms with Crippen molar-refractivity contribution >= 4 is 23.3 Å². The fourth-order valence-corrected chi connectivity index (χ4v) is 2.00. The van der Waals surface area contributed by atoms with Crippen molar-refractivity contribution in [2.75, 3.05) is 25.5 Å². The first-order valence-electron chi connectivity index (χ1n) is 5.52. The van der Waals surface area contributed by atoms with Gasteiger partial charge in [-0.1, -0.05) is 11.6 Å². The number of likely N-dealkylation sites (tertiary alicyclic amines) is 1. The third-order valence-corrected chi connectivity index (χ3v) is 3.16. The van der Waals surface area contributed by atoms with Gasteiger partial charge in [0, 0.05) is 20.1 Å². The van der Waals surface area contributed by atoms with Crippen molar-refractivity contribution in [1.29, 1.82) is 0 Å². The number of anilines is 1. The number of β-amino-alcohol motifs (C(OH)–C–C–N with tert-alkyl or cyclic N) is 2. The second-order valence-corrected chi connectivity index (χ2v) is 4.53. The number of amides is 1. The highest BCUT2D eigenvalue weighted by Gasteiger charge is 2.34. The van der Waals surface area contributed by atoms with E-state index < -0.39 is 18.1 Å². The molecular weight excluding hydrogens is 258 g/mol. The average molecular weight is 272 g/mol. The molecule has 2 atom stereocenters. The first kappa shape index (κ1) is 13.1. The Bertz CT molecular complexity index is 459. The topological polar surface area (TPSA) is 85.7 Å². The van der Waals surface area contributed by atoms with Gasteiger partial charge in [0.15, 0.2) is 0 Å². The maximum absolute atomic E-state index is 12.2. The molecule has 1 fully saturated rings. The van der Waals surface area contributed by atoms with Gasteiger partial charge < -0.3 is 20.4 Å². The number of hydrogen-bond donors (Lipinski definition) is 3. The zero-order valence-electron chi connectivity index (χ0n) is 9.80. The number of aliphatic hydroxyl groups excluding tert-OH is 2. The summed E-state index contributed by atoms with van der Waals surface area (Å²) in [6.45, 7) is 0.170. The number of hydrogen-bond acceptors (Lipinski definition) is 5. The molecule has 2 heterocycles. The van der Waals surface area contributed by atoms with Gasteiger partial charge in [-0.25, -0.2) is 4.98 Å². The van der Waals surface area contributed by atoms with Gasteiger partial charge in [-0.2, -0.15) is 0 Å². The van der Waals surface area contributed by atoms with Crippen molar-refractivity contribution in [1.82, 2.24) is 9.88 Å². The molecule has 0 bridgehead atoms. The van der Waals surface area contributed by atoms with E-state index in [1.54, 1.807) is 19.2 Å². The first-order chi connectivity index (χ1) is 8.52. The molecule has 3 N–H and O–H groups in total. The van der Waals surface area contributed by atoms with Crippen LogP contribution in [-0.2, 0) is 0 Å². The summed E-state index contributed by atoms with van der Waals surface area (Å²) in [5.41, 5.74) is 0.116. The first-order valence-corrected chi connectivity index (χ1v) is 5.90. The minimum atomic E-state index is -0.916. The summed E-state index contributed by atoms with van der Waals surface area (Å²) < 4.78 is 0. The molecule has 1 aromatic heterocycles. The van der Waals surface area contributed by atoms with Crippen LogP contribution in [0.4, 0.5) is 5.82 Å². The van der Waals surface area contributed by atoms with Gasteiger partial charge in [0.05, 0.1) is 17.2 Å². The van der Waals surface area contributed by atoms with Crippen LogP contribution >= 0.6 is 11.6 Å². The number of aromatic nitrogens is 1. The molecule has 0 saturated carbocycles. The Morgan fingerprint density at radius 2 is 2.06 bits per heavy atom. The van der Waals surface area contributed by atoms with E-state index in [9.17, 15) is 15.0 Å². The molecule has 0 aromatic carbocycles. The SMILES string of the molecule is CNc1ccc(Cl)c(C(=O)N2CC(O)C(O)C2)n1. The third-order valence-electron chi connectivity index (χ3n) is 2.85. The largest absolute Gasteiger partial charge is 0.388 e. The monoisotopic (exact) mass is 271 g/mol. The molecule has 1 saturated heterocycles. The van der Waals surface area contributed by atoms with Crippen LogP contribution in [-0.4, -0.2) is 58.3 Å². The van der Waals surface area contributed by atoms with Crippen LogP contribution < -0.4 is 5.32 Å². The lowest BCUT2D eigenvalue weighted by Gasteiger charge is -2.15. The summed E-state index contributed by atoms with van der Waals surface area (Å²) in [4.78, 5) is 17.6. The molecule has 7 heteroatoms. The molecule has 2 rings (SSSR count). The van der Waals surface area contributed by atoms with E-state index in [0.29, 0.717) is 5.82 Å². The van der Waals surface area contributed by atoms with E-state index in [2.05, 4.69) is 10.3 Å². The highest BCUT2D eigenvalue weighted by atomic mass is 35.5. The molecule has 1 amide bonds. The number of carbonyl (C=O) groups excluding carboxylic acids is 1. The molecular formula is C11H14ClN3O3. The van der Waals surface area contributed by atoms with E-state index in [0.717, 1.165) is 0 Å². The Morgan fingerprint density at radius 3 is 2.61 bits per heavy atom. The predicted octanol–water partition coefficient (Wildman–Crippen LogP) is -0.0457. The molecule has 1 aliphatic heterocycles. The van der Waals surface area contributed by atoms with Gasteiger partial charge in [0.1, 0.15) is 11.5 Å². The summed E-state index contributed by atoms with van der Waals surface area (Å²) in [5.74, 6) is 0.135. The molecule has 18 heavy (non-hydrogen) atoms. The normalized spacial score (nSPS) is 23.2. The third kappa shape index (κ3) is 2.40. The zero-order valence-corrected chi connectivity index (χ0v) is 10.6. The minimum absolute atomic E-state index is 0.0851. The Balaban J connectivity index is 2.23. The highest BCUT2D eigenvalue weighted by molar-refractivity contribution is 6.33. The van der Waals surface area contributed by atoms with Gasteiger partial charge in [-0.05, 0) is 12.1 Å². The Morgan fingerprint density at radius 1 is 1.44 bits per heavy atom. The lowest BCUT2D eigenvalue weighted by atomic mass is 10.3. The van der Waals surface area contributed by atoms with Crippen LogP contribution in [0.3, 0.4) is 0 Å². The number of halogens is 1. The van der Waals surface area contributed by atoms with E-state index in [1.807, 2.05) is 0 Å². The van der Waals surface area contributed by atoms with E-state index in [4.69, 9.17) is 11.6 Å². The van der Waals surface area contributed by atoms with Gasteiger partial charge in [0.2, 0.25) is 0 Å². The molecule has 2 unspecified atom stereocenters. The van der Waals surface area contributed by atoms with Gasteiger partial charge in [0.25, 0.3) is 5.91 Å². The van der Waals surface area contributed by atoms with E-state index in [1.165, 1.54) is 4.90 Å². The van der Waals surface area contributed by atoms with Crippen LogP contribution in [0.25, 0.3) is 0 Å². The zero-order chi connectivity index (χ0) is 13.3. The van der Waals surface area contributed by atoms with E-state index in [-0.39, 0.29) is 23.8 Å². The maximum atomic E-state index is 12.2. The fraction of sp³-hybridized carbons (Fsp3) is 0.455. The Labute approximate surface area is 109 Å². The van der Waals surface area contributed by atoms with Crippen LogP contribution in [0.1, 0.15) is 10.5 Å². The highest BCUT2D eigenvalue weighted by Crippen LogP contribution is 2.20. The second-order valence-electron chi connectivity index (χ2n) is 4.12. The number of pyridine rings is 1. The molecule has 0 aliphatic carbocycles. The summed E-state index contributed by atoms with van der Waals surface area (Å²) in [7, 11) is 1.69. The standard InChI is InChI=1S/C11H14ClN3O3/c1-13-9-3-2-6(12)10(14-9)11(18)15-4-7(16)8(17)5-15/h2-3,7-8,16-17H,4-5H2,1H3,(H,13,14). The summed E-state index contributed by atoms with van der Waals surface area (Å²) in [6.07, 6.45) is -1.83. The van der Waals surface area contributed by atoms with Crippen molar-refractivity contribution in [3.8, 4) is 0 Å². The minimum Gasteiger partial charge on any atom is -0.388 e.